The molecule has 3 nitrogen and oxygen atoms in total. The van der Waals surface area contributed by atoms with E-state index in [-0.39, 0.29) is 18.0 Å². The van der Waals surface area contributed by atoms with E-state index < -0.39 is 0 Å². The second-order valence-corrected chi connectivity index (χ2v) is 6.11. The van der Waals surface area contributed by atoms with Crippen LogP contribution < -0.4 is 5.73 Å². The van der Waals surface area contributed by atoms with Gasteiger partial charge in [0.05, 0.1) is 6.04 Å². The number of amides is 1. The van der Waals surface area contributed by atoms with E-state index in [4.69, 9.17) is 17.3 Å². The van der Waals surface area contributed by atoms with Gasteiger partial charge in [0.2, 0.25) is 5.91 Å². The molecule has 0 radical (unpaired) electrons. The molecule has 2 rings (SSSR count). The number of halogens is 1. The van der Waals surface area contributed by atoms with Gasteiger partial charge in [-0.25, -0.2) is 0 Å². The first-order valence-electron chi connectivity index (χ1n) is 7.38. The molecule has 1 amide bonds. The molecule has 4 heteroatoms. The van der Waals surface area contributed by atoms with Crippen molar-refractivity contribution in [1.29, 1.82) is 0 Å². The van der Waals surface area contributed by atoms with Crippen molar-refractivity contribution in [2.75, 3.05) is 6.54 Å². The third-order valence-electron chi connectivity index (χ3n) is 3.86. The number of likely N-dealkylation sites (tertiary alicyclic amines) is 1. The van der Waals surface area contributed by atoms with E-state index in [0.29, 0.717) is 6.42 Å². The Hall–Kier alpha value is -1.06. The minimum absolute atomic E-state index is 0.171. The predicted octanol–water partition coefficient (Wildman–Crippen LogP) is 3.52. The van der Waals surface area contributed by atoms with Crippen LogP contribution >= 0.6 is 11.6 Å². The Balaban J connectivity index is 1.98. The summed E-state index contributed by atoms with van der Waals surface area (Å²) in [6, 6.07) is 8.22. The molecule has 0 aromatic heterocycles. The maximum atomic E-state index is 12.3. The number of carbonyl (C=O) groups is 1. The first-order valence-corrected chi connectivity index (χ1v) is 7.76. The summed E-state index contributed by atoms with van der Waals surface area (Å²) < 4.78 is 0. The van der Waals surface area contributed by atoms with Crippen LogP contribution in [0.5, 0.6) is 0 Å². The van der Waals surface area contributed by atoms with Gasteiger partial charge < -0.3 is 10.6 Å². The summed E-state index contributed by atoms with van der Waals surface area (Å²) in [6.07, 6.45) is 4.46. The lowest BCUT2D eigenvalue weighted by Crippen LogP contribution is -2.30. The zero-order valence-corrected chi connectivity index (χ0v) is 12.8. The molecule has 0 bridgehead atoms. The molecule has 2 atom stereocenters. The fraction of sp³-hybridized carbons (Fsp3) is 0.562. The molecule has 2 N–H and O–H groups in total. The fourth-order valence-electron chi connectivity index (χ4n) is 2.84. The molecule has 20 heavy (non-hydrogen) atoms. The summed E-state index contributed by atoms with van der Waals surface area (Å²) in [7, 11) is 0. The van der Waals surface area contributed by atoms with Crippen molar-refractivity contribution >= 4 is 17.5 Å². The monoisotopic (exact) mass is 294 g/mol. The second kappa shape index (κ2) is 7.09. The van der Waals surface area contributed by atoms with Gasteiger partial charge in [-0.15, -0.1) is 0 Å². The van der Waals surface area contributed by atoms with Crippen molar-refractivity contribution in [2.24, 2.45) is 5.73 Å². The predicted molar refractivity (Wildman–Crippen MR) is 82.6 cm³/mol. The Morgan fingerprint density at radius 2 is 2.35 bits per heavy atom. The van der Waals surface area contributed by atoms with Crippen molar-refractivity contribution in [3.63, 3.8) is 0 Å². The number of hydrogen-bond acceptors (Lipinski definition) is 2. The summed E-state index contributed by atoms with van der Waals surface area (Å²) in [5.41, 5.74) is 6.88. The average Bonchev–Trinajstić information content (AvgIpc) is 2.87. The van der Waals surface area contributed by atoms with Crippen molar-refractivity contribution in [3.8, 4) is 0 Å². The maximum absolute atomic E-state index is 12.3. The lowest BCUT2D eigenvalue weighted by Gasteiger charge is -2.25. The first kappa shape index (κ1) is 15.3. The molecule has 1 fully saturated rings. The number of nitrogens with two attached hydrogens (primary N) is 1. The quantitative estimate of drug-likeness (QED) is 0.903. The number of nitrogens with zero attached hydrogens (tertiary/aromatic N) is 1. The van der Waals surface area contributed by atoms with Gasteiger partial charge in [0, 0.05) is 24.0 Å². The third kappa shape index (κ3) is 3.97. The van der Waals surface area contributed by atoms with Crippen LogP contribution in [0.25, 0.3) is 0 Å². The smallest absolute Gasteiger partial charge is 0.223 e. The van der Waals surface area contributed by atoms with Crippen LogP contribution in [-0.4, -0.2) is 23.4 Å². The molecule has 110 valence electrons. The van der Waals surface area contributed by atoms with Crippen molar-refractivity contribution in [1.82, 2.24) is 4.90 Å². The first-order chi connectivity index (χ1) is 9.58. The molecule has 0 spiro atoms. The van der Waals surface area contributed by atoms with Gasteiger partial charge in [0.1, 0.15) is 0 Å². The van der Waals surface area contributed by atoms with Crippen LogP contribution in [0, 0.1) is 0 Å². The normalized spacial score (nSPS) is 20.1. The van der Waals surface area contributed by atoms with Crippen LogP contribution in [0.3, 0.4) is 0 Å². The van der Waals surface area contributed by atoms with Crippen molar-refractivity contribution in [2.45, 2.75) is 51.1 Å². The van der Waals surface area contributed by atoms with Gasteiger partial charge in [-0.1, -0.05) is 23.7 Å². The van der Waals surface area contributed by atoms with Crippen molar-refractivity contribution < 1.29 is 4.79 Å². The molecule has 1 aliphatic heterocycles. The fourth-order valence-corrected chi connectivity index (χ4v) is 3.04. The molecular weight excluding hydrogens is 272 g/mol. The molecule has 1 aliphatic rings. The Bertz CT molecular complexity index is 462. The zero-order valence-electron chi connectivity index (χ0n) is 12.0. The third-order valence-corrected chi connectivity index (χ3v) is 4.09. The van der Waals surface area contributed by atoms with Crippen molar-refractivity contribution in [3.05, 3.63) is 34.9 Å². The molecule has 2 unspecified atom stereocenters. The summed E-state index contributed by atoms with van der Waals surface area (Å²) in [5.74, 6) is 0.244. The SMILES string of the molecule is CC(N)CCCC(=O)N1CCCC1c1cccc(Cl)c1. The van der Waals surface area contributed by atoms with Gasteiger partial charge in [-0.2, -0.15) is 0 Å². The van der Waals surface area contributed by atoms with Gasteiger partial charge in [0.25, 0.3) is 0 Å². The van der Waals surface area contributed by atoms with E-state index in [0.717, 1.165) is 42.8 Å². The molecule has 1 aromatic rings. The summed E-state index contributed by atoms with van der Waals surface area (Å²) in [5, 5.41) is 0.735. The van der Waals surface area contributed by atoms with E-state index in [2.05, 4.69) is 6.07 Å². The van der Waals surface area contributed by atoms with Crippen LogP contribution in [0.4, 0.5) is 0 Å². The van der Waals surface area contributed by atoms with Gasteiger partial charge in [-0.3, -0.25) is 4.79 Å². The van der Waals surface area contributed by atoms with Gasteiger partial charge in [0.15, 0.2) is 0 Å². The highest BCUT2D eigenvalue weighted by atomic mass is 35.5. The van der Waals surface area contributed by atoms with E-state index in [1.807, 2.05) is 30.0 Å². The van der Waals surface area contributed by atoms with E-state index >= 15 is 0 Å². The average molecular weight is 295 g/mol. The number of benzene rings is 1. The van der Waals surface area contributed by atoms with Crippen LogP contribution in [0.2, 0.25) is 5.02 Å². The second-order valence-electron chi connectivity index (χ2n) is 5.67. The number of rotatable bonds is 5. The summed E-state index contributed by atoms with van der Waals surface area (Å²) in [4.78, 5) is 14.4. The van der Waals surface area contributed by atoms with E-state index in [9.17, 15) is 4.79 Å². The molecule has 1 aromatic carbocycles. The molecule has 1 heterocycles. The zero-order chi connectivity index (χ0) is 14.5. The topological polar surface area (TPSA) is 46.3 Å². The Morgan fingerprint density at radius 3 is 3.05 bits per heavy atom. The van der Waals surface area contributed by atoms with Gasteiger partial charge >= 0.3 is 0 Å². The Kier molecular flexibility index (Phi) is 5.44. The summed E-state index contributed by atoms with van der Waals surface area (Å²) in [6.45, 7) is 2.84. The minimum Gasteiger partial charge on any atom is -0.336 e. The lowest BCUT2D eigenvalue weighted by atomic mass is 10.0. The maximum Gasteiger partial charge on any atom is 0.223 e. The highest BCUT2D eigenvalue weighted by Gasteiger charge is 2.29. The number of carbonyl (C=O) groups excluding carboxylic acids is 1. The Labute approximate surface area is 126 Å². The largest absolute Gasteiger partial charge is 0.336 e. The molecular formula is C16H23ClN2O. The molecule has 0 aliphatic carbocycles. The van der Waals surface area contributed by atoms with Crippen LogP contribution in [0.1, 0.15) is 50.6 Å². The number of hydrogen-bond donors (Lipinski definition) is 1. The van der Waals surface area contributed by atoms with Gasteiger partial charge in [-0.05, 0) is 50.3 Å². The molecule has 1 saturated heterocycles. The lowest BCUT2D eigenvalue weighted by molar-refractivity contribution is -0.132. The Morgan fingerprint density at radius 1 is 1.55 bits per heavy atom. The minimum atomic E-state index is 0.171. The van der Waals surface area contributed by atoms with Crippen LogP contribution in [0.15, 0.2) is 24.3 Å². The van der Waals surface area contributed by atoms with E-state index in [1.54, 1.807) is 0 Å². The molecule has 0 saturated carbocycles. The highest BCUT2D eigenvalue weighted by Crippen LogP contribution is 2.33. The standard InChI is InChI=1S/C16H23ClN2O/c1-12(18)5-2-9-16(20)19-10-4-8-15(19)13-6-3-7-14(17)11-13/h3,6-7,11-12,15H,2,4-5,8-10,18H2,1H3. The van der Waals surface area contributed by atoms with E-state index in [1.165, 1.54) is 0 Å². The highest BCUT2D eigenvalue weighted by molar-refractivity contribution is 6.30. The van der Waals surface area contributed by atoms with Crippen LogP contribution in [-0.2, 0) is 4.79 Å². The summed E-state index contributed by atoms with van der Waals surface area (Å²) >= 11 is 6.05.